The number of ether oxygens (including phenoxy) is 1. The largest absolute Gasteiger partial charge is 0.465 e. The fourth-order valence-electron chi connectivity index (χ4n) is 2.15. The first-order valence-electron chi connectivity index (χ1n) is 7.38. The van der Waals surface area contributed by atoms with Crippen LogP contribution in [0, 0.1) is 6.92 Å². The van der Waals surface area contributed by atoms with Gasteiger partial charge in [0.1, 0.15) is 0 Å². The number of para-hydroxylation sites is 1. The van der Waals surface area contributed by atoms with E-state index >= 15 is 0 Å². The smallest absolute Gasteiger partial charge is 0.337 e. The third kappa shape index (κ3) is 4.85. The fraction of sp³-hybridized carbons (Fsp3) is 0.222. The number of aryl methyl sites for hydroxylation is 1. The standard InChI is InChI=1S/C18H20N2O3/c1-13-6-3-4-9-16(13)19-11-10-17(21)20-15-8-5-7-14(12-15)18(22)23-2/h3-9,12,19H,10-11H2,1-2H3,(H,20,21). The molecule has 0 saturated heterocycles. The molecule has 0 aliphatic rings. The van der Waals surface area contributed by atoms with Crippen molar-refractivity contribution in [3.05, 3.63) is 59.7 Å². The third-order valence-corrected chi connectivity index (χ3v) is 3.38. The van der Waals surface area contributed by atoms with Crippen LogP contribution in [0.15, 0.2) is 48.5 Å². The first-order chi connectivity index (χ1) is 11.1. The number of hydrogen-bond donors (Lipinski definition) is 2. The van der Waals surface area contributed by atoms with Gasteiger partial charge in [-0.3, -0.25) is 4.79 Å². The first kappa shape index (κ1) is 16.5. The maximum absolute atomic E-state index is 12.0. The first-order valence-corrected chi connectivity index (χ1v) is 7.38. The van der Waals surface area contributed by atoms with Crippen molar-refractivity contribution in [2.24, 2.45) is 0 Å². The lowest BCUT2D eigenvalue weighted by Crippen LogP contribution is -2.16. The normalized spacial score (nSPS) is 10.0. The SMILES string of the molecule is COC(=O)c1cccc(NC(=O)CCNc2ccccc2C)c1. The van der Waals surface area contributed by atoms with Crippen LogP contribution in [0.25, 0.3) is 0 Å². The molecule has 120 valence electrons. The quantitative estimate of drug-likeness (QED) is 0.804. The Morgan fingerprint density at radius 2 is 1.87 bits per heavy atom. The lowest BCUT2D eigenvalue weighted by atomic mass is 10.2. The van der Waals surface area contributed by atoms with E-state index in [0.29, 0.717) is 24.2 Å². The van der Waals surface area contributed by atoms with E-state index < -0.39 is 5.97 Å². The molecule has 0 atom stereocenters. The van der Waals surface area contributed by atoms with E-state index in [1.165, 1.54) is 7.11 Å². The molecule has 2 aromatic rings. The van der Waals surface area contributed by atoms with Gasteiger partial charge in [-0.05, 0) is 36.8 Å². The van der Waals surface area contributed by atoms with Gasteiger partial charge in [-0.1, -0.05) is 24.3 Å². The molecule has 0 saturated carbocycles. The number of carbonyl (C=O) groups is 2. The zero-order valence-corrected chi connectivity index (χ0v) is 13.3. The average Bonchev–Trinajstić information content (AvgIpc) is 2.56. The van der Waals surface area contributed by atoms with E-state index in [2.05, 4.69) is 15.4 Å². The maximum atomic E-state index is 12.0. The van der Waals surface area contributed by atoms with Gasteiger partial charge in [0.15, 0.2) is 0 Å². The second-order valence-electron chi connectivity index (χ2n) is 5.11. The zero-order chi connectivity index (χ0) is 16.7. The number of benzene rings is 2. The number of anilines is 2. The number of esters is 1. The van der Waals surface area contributed by atoms with Gasteiger partial charge in [0.05, 0.1) is 12.7 Å². The summed E-state index contributed by atoms with van der Waals surface area (Å²) in [6.45, 7) is 2.55. The molecule has 2 rings (SSSR count). The summed E-state index contributed by atoms with van der Waals surface area (Å²) in [5, 5.41) is 6.01. The summed E-state index contributed by atoms with van der Waals surface area (Å²) in [6.07, 6.45) is 0.330. The second kappa shape index (κ2) is 7.98. The highest BCUT2D eigenvalue weighted by atomic mass is 16.5. The number of carbonyl (C=O) groups excluding carboxylic acids is 2. The third-order valence-electron chi connectivity index (χ3n) is 3.38. The number of amides is 1. The molecule has 1 amide bonds. The summed E-state index contributed by atoms with van der Waals surface area (Å²) in [5.74, 6) is -0.546. The lowest BCUT2D eigenvalue weighted by molar-refractivity contribution is -0.115. The van der Waals surface area contributed by atoms with Gasteiger partial charge >= 0.3 is 5.97 Å². The number of methoxy groups -OCH3 is 1. The van der Waals surface area contributed by atoms with Gasteiger partial charge in [0.2, 0.25) is 5.91 Å². The van der Waals surface area contributed by atoms with E-state index in [4.69, 9.17) is 0 Å². The Kier molecular flexibility index (Phi) is 5.74. The molecule has 0 radical (unpaired) electrons. The summed E-state index contributed by atoms with van der Waals surface area (Å²) < 4.78 is 4.66. The summed E-state index contributed by atoms with van der Waals surface area (Å²) in [4.78, 5) is 23.4. The van der Waals surface area contributed by atoms with Crippen molar-refractivity contribution in [2.75, 3.05) is 24.3 Å². The van der Waals surface area contributed by atoms with Crippen molar-refractivity contribution < 1.29 is 14.3 Å². The van der Waals surface area contributed by atoms with E-state index in [9.17, 15) is 9.59 Å². The van der Waals surface area contributed by atoms with Crippen molar-refractivity contribution >= 4 is 23.3 Å². The molecule has 0 spiro atoms. The molecule has 2 N–H and O–H groups in total. The van der Waals surface area contributed by atoms with Crippen LogP contribution in [0.5, 0.6) is 0 Å². The van der Waals surface area contributed by atoms with Crippen LogP contribution in [0.3, 0.4) is 0 Å². The number of nitrogens with one attached hydrogen (secondary N) is 2. The highest BCUT2D eigenvalue weighted by Gasteiger charge is 2.07. The van der Waals surface area contributed by atoms with Crippen molar-refractivity contribution in [3.8, 4) is 0 Å². The van der Waals surface area contributed by atoms with Crippen LogP contribution in [-0.4, -0.2) is 25.5 Å². The van der Waals surface area contributed by atoms with Crippen LogP contribution < -0.4 is 10.6 Å². The molecule has 0 fully saturated rings. The van der Waals surface area contributed by atoms with E-state index in [-0.39, 0.29) is 5.91 Å². The van der Waals surface area contributed by atoms with Gasteiger partial charge in [-0.25, -0.2) is 4.79 Å². The van der Waals surface area contributed by atoms with Gasteiger partial charge in [-0.2, -0.15) is 0 Å². The molecule has 0 aliphatic heterocycles. The molecule has 0 heterocycles. The Hall–Kier alpha value is -2.82. The topological polar surface area (TPSA) is 67.4 Å². The predicted octanol–water partition coefficient (Wildman–Crippen LogP) is 3.22. The minimum Gasteiger partial charge on any atom is -0.465 e. The molecular weight excluding hydrogens is 292 g/mol. The van der Waals surface area contributed by atoms with Crippen molar-refractivity contribution in [1.29, 1.82) is 0 Å². The molecule has 23 heavy (non-hydrogen) atoms. The van der Waals surface area contributed by atoms with Gasteiger partial charge in [0.25, 0.3) is 0 Å². The fourth-order valence-corrected chi connectivity index (χ4v) is 2.15. The lowest BCUT2D eigenvalue weighted by Gasteiger charge is -2.10. The van der Waals surface area contributed by atoms with E-state index in [0.717, 1.165) is 11.3 Å². The number of rotatable bonds is 6. The highest BCUT2D eigenvalue weighted by molar-refractivity contribution is 5.94. The predicted molar refractivity (Wildman–Crippen MR) is 90.7 cm³/mol. The van der Waals surface area contributed by atoms with Crippen molar-refractivity contribution in [2.45, 2.75) is 13.3 Å². The van der Waals surface area contributed by atoms with Gasteiger partial charge in [0, 0.05) is 24.3 Å². The molecular formula is C18H20N2O3. The molecule has 0 aromatic heterocycles. The highest BCUT2D eigenvalue weighted by Crippen LogP contribution is 2.14. The Bertz CT molecular complexity index is 698. The molecule has 0 unspecified atom stereocenters. The van der Waals surface area contributed by atoms with Gasteiger partial charge < -0.3 is 15.4 Å². The van der Waals surface area contributed by atoms with Crippen molar-refractivity contribution in [1.82, 2.24) is 0 Å². The van der Waals surface area contributed by atoms with Crippen LogP contribution >= 0.6 is 0 Å². The summed E-state index contributed by atoms with van der Waals surface area (Å²) in [5.41, 5.74) is 3.14. The molecule has 5 nitrogen and oxygen atoms in total. The van der Waals surface area contributed by atoms with Crippen LogP contribution in [-0.2, 0) is 9.53 Å². The Labute approximate surface area is 135 Å². The Morgan fingerprint density at radius 3 is 2.61 bits per heavy atom. The average molecular weight is 312 g/mol. The van der Waals surface area contributed by atoms with Crippen molar-refractivity contribution in [3.63, 3.8) is 0 Å². The zero-order valence-electron chi connectivity index (χ0n) is 13.3. The van der Waals surface area contributed by atoms with Gasteiger partial charge in [-0.15, -0.1) is 0 Å². The Morgan fingerprint density at radius 1 is 1.09 bits per heavy atom. The monoisotopic (exact) mass is 312 g/mol. The summed E-state index contributed by atoms with van der Waals surface area (Å²) in [6, 6.07) is 14.6. The van der Waals surface area contributed by atoms with Crippen LogP contribution in [0.1, 0.15) is 22.3 Å². The Balaban J connectivity index is 1.85. The molecule has 0 bridgehead atoms. The minimum absolute atomic E-state index is 0.117. The summed E-state index contributed by atoms with van der Waals surface area (Å²) >= 11 is 0. The van der Waals surface area contributed by atoms with E-state index in [1.54, 1.807) is 24.3 Å². The number of hydrogen-bond acceptors (Lipinski definition) is 4. The molecule has 0 aliphatic carbocycles. The van der Waals surface area contributed by atoms with Crippen LogP contribution in [0.4, 0.5) is 11.4 Å². The summed E-state index contributed by atoms with van der Waals surface area (Å²) in [7, 11) is 1.32. The minimum atomic E-state index is -0.428. The van der Waals surface area contributed by atoms with Crippen LogP contribution in [0.2, 0.25) is 0 Å². The molecule has 5 heteroatoms. The maximum Gasteiger partial charge on any atom is 0.337 e. The molecule has 2 aromatic carbocycles. The van der Waals surface area contributed by atoms with E-state index in [1.807, 2.05) is 31.2 Å². The second-order valence-corrected chi connectivity index (χ2v) is 5.11.